The Morgan fingerprint density at radius 1 is 1.11 bits per heavy atom. The van der Waals surface area contributed by atoms with Gasteiger partial charge >= 0.3 is 0 Å². The van der Waals surface area contributed by atoms with Gasteiger partial charge in [-0.05, 0) is 44.2 Å². The van der Waals surface area contributed by atoms with Crippen LogP contribution in [0.5, 0.6) is 0 Å². The minimum Gasteiger partial charge on any atom is -0.383 e. The molecule has 2 N–H and O–H groups in total. The molecule has 1 aromatic carbocycles. The molecule has 0 spiro atoms. The lowest BCUT2D eigenvalue weighted by molar-refractivity contribution is 0.204. The second-order valence-electron chi connectivity index (χ2n) is 5.95. The van der Waals surface area contributed by atoms with E-state index in [4.69, 9.17) is 4.74 Å². The van der Waals surface area contributed by atoms with Crippen molar-refractivity contribution in [3.8, 4) is 10.6 Å². The van der Waals surface area contributed by atoms with Crippen molar-refractivity contribution in [1.29, 1.82) is 0 Å². The molecule has 0 bridgehead atoms. The van der Waals surface area contributed by atoms with Crippen molar-refractivity contribution in [1.82, 2.24) is 19.7 Å². The summed E-state index contributed by atoms with van der Waals surface area (Å²) in [5.74, 6) is 0.428. The highest BCUT2D eigenvalue weighted by atomic mass is 32.2. The van der Waals surface area contributed by atoms with Gasteiger partial charge in [-0.2, -0.15) is 0 Å². The number of anilines is 2. The summed E-state index contributed by atoms with van der Waals surface area (Å²) in [6, 6.07) is 8.23. The number of methoxy groups -OCH3 is 1. The second kappa shape index (κ2) is 8.74. The van der Waals surface area contributed by atoms with Gasteiger partial charge in [-0.25, -0.2) is 28.1 Å². The SMILES string of the molecule is COCCNS(=O)(=O)c1ccc(Nc2nccc(-c3sc(C)nc3C)n2)cc1. The van der Waals surface area contributed by atoms with Gasteiger partial charge in [0.15, 0.2) is 0 Å². The van der Waals surface area contributed by atoms with Crippen molar-refractivity contribution in [2.45, 2.75) is 18.7 Å². The number of benzene rings is 1. The van der Waals surface area contributed by atoms with Crippen molar-refractivity contribution in [3.05, 3.63) is 47.2 Å². The number of sulfonamides is 1. The molecule has 2 aromatic heterocycles. The molecule has 0 saturated carbocycles. The van der Waals surface area contributed by atoms with Crippen LogP contribution in [-0.2, 0) is 14.8 Å². The third-order valence-corrected chi connectivity index (χ3v) is 6.38. The third-order valence-electron chi connectivity index (χ3n) is 3.81. The Morgan fingerprint density at radius 3 is 2.50 bits per heavy atom. The van der Waals surface area contributed by atoms with Crippen LogP contribution in [0.1, 0.15) is 10.7 Å². The zero-order valence-electron chi connectivity index (χ0n) is 15.8. The molecule has 3 aromatic rings. The minimum atomic E-state index is -3.56. The number of nitrogens with zero attached hydrogens (tertiary/aromatic N) is 3. The van der Waals surface area contributed by atoms with Crippen LogP contribution in [0.4, 0.5) is 11.6 Å². The number of nitrogens with one attached hydrogen (secondary N) is 2. The predicted molar refractivity (Wildman–Crippen MR) is 109 cm³/mol. The van der Waals surface area contributed by atoms with Crippen molar-refractivity contribution >= 4 is 33.0 Å². The molecule has 10 heteroatoms. The van der Waals surface area contributed by atoms with Crippen LogP contribution in [0.3, 0.4) is 0 Å². The molecule has 0 amide bonds. The molecule has 0 aliphatic carbocycles. The molecule has 0 aliphatic rings. The molecule has 0 fully saturated rings. The van der Waals surface area contributed by atoms with Gasteiger partial charge in [0.2, 0.25) is 16.0 Å². The minimum absolute atomic E-state index is 0.180. The van der Waals surface area contributed by atoms with Gasteiger partial charge < -0.3 is 10.1 Å². The molecule has 148 valence electrons. The van der Waals surface area contributed by atoms with E-state index in [-0.39, 0.29) is 11.4 Å². The van der Waals surface area contributed by atoms with Crippen LogP contribution in [0.25, 0.3) is 10.6 Å². The lowest BCUT2D eigenvalue weighted by atomic mass is 10.3. The number of hydrogen-bond acceptors (Lipinski definition) is 8. The summed E-state index contributed by atoms with van der Waals surface area (Å²) in [6.07, 6.45) is 1.68. The maximum absolute atomic E-state index is 12.2. The van der Waals surface area contributed by atoms with Crippen LogP contribution < -0.4 is 10.0 Å². The molecular weight excluding hydrogens is 398 g/mol. The fourth-order valence-corrected chi connectivity index (χ4v) is 4.42. The van der Waals surface area contributed by atoms with E-state index in [1.807, 2.05) is 19.9 Å². The lowest BCUT2D eigenvalue weighted by Crippen LogP contribution is -2.27. The number of thiazole rings is 1. The normalized spacial score (nSPS) is 11.5. The van der Waals surface area contributed by atoms with Gasteiger partial charge in [0.05, 0.1) is 32.8 Å². The highest BCUT2D eigenvalue weighted by Gasteiger charge is 2.13. The first-order valence-electron chi connectivity index (χ1n) is 8.52. The first-order chi connectivity index (χ1) is 13.4. The van der Waals surface area contributed by atoms with Crippen LogP contribution in [-0.4, -0.2) is 43.6 Å². The number of ether oxygens (including phenoxy) is 1. The lowest BCUT2D eigenvalue weighted by Gasteiger charge is -2.09. The van der Waals surface area contributed by atoms with E-state index in [9.17, 15) is 8.42 Å². The van der Waals surface area contributed by atoms with Crippen molar-refractivity contribution in [3.63, 3.8) is 0 Å². The quantitative estimate of drug-likeness (QED) is 0.541. The molecule has 8 nitrogen and oxygen atoms in total. The topological polar surface area (TPSA) is 106 Å². The maximum Gasteiger partial charge on any atom is 0.240 e. The van der Waals surface area contributed by atoms with Gasteiger partial charge in [0.1, 0.15) is 0 Å². The molecule has 0 unspecified atom stereocenters. The first-order valence-corrected chi connectivity index (χ1v) is 10.8. The van der Waals surface area contributed by atoms with E-state index in [0.29, 0.717) is 18.2 Å². The zero-order chi connectivity index (χ0) is 20.1. The Hall–Kier alpha value is -2.40. The zero-order valence-corrected chi connectivity index (χ0v) is 17.4. The number of aryl methyl sites for hydroxylation is 2. The summed E-state index contributed by atoms with van der Waals surface area (Å²) in [5, 5.41) is 4.08. The van der Waals surface area contributed by atoms with Gasteiger partial charge in [0.25, 0.3) is 0 Å². The van der Waals surface area contributed by atoms with Crippen molar-refractivity contribution in [2.24, 2.45) is 0 Å². The molecule has 0 radical (unpaired) electrons. The Labute approximate surface area is 168 Å². The molecular formula is C18H21N5O3S2. The Morgan fingerprint density at radius 2 is 1.86 bits per heavy atom. The van der Waals surface area contributed by atoms with Crippen molar-refractivity contribution < 1.29 is 13.2 Å². The van der Waals surface area contributed by atoms with Gasteiger partial charge in [-0.3, -0.25) is 0 Å². The van der Waals surface area contributed by atoms with Crippen LogP contribution in [0.15, 0.2) is 41.4 Å². The Balaban J connectivity index is 1.74. The monoisotopic (exact) mass is 419 g/mol. The van der Waals surface area contributed by atoms with Crippen LogP contribution >= 0.6 is 11.3 Å². The molecule has 0 saturated heterocycles. The summed E-state index contributed by atoms with van der Waals surface area (Å²) >= 11 is 1.58. The summed E-state index contributed by atoms with van der Waals surface area (Å²) in [6.45, 7) is 4.44. The van der Waals surface area contributed by atoms with Crippen LogP contribution in [0, 0.1) is 13.8 Å². The molecule has 2 heterocycles. The summed E-state index contributed by atoms with van der Waals surface area (Å²) in [5.41, 5.74) is 2.41. The highest BCUT2D eigenvalue weighted by Crippen LogP contribution is 2.28. The van der Waals surface area contributed by atoms with E-state index in [1.54, 1.807) is 29.7 Å². The van der Waals surface area contributed by atoms with E-state index < -0.39 is 10.0 Å². The smallest absolute Gasteiger partial charge is 0.240 e. The largest absolute Gasteiger partial charge is 0.383 e. The first kappa shape index (κ1) is 20.3. The third kappa shape index (κ3) is 4.90. The Kier molecular flexibility index (Phi) is 6.35. The molecule has 28 heavy (non-hydrogen) atoms. The summed E-state index contributed by atoms with van der Waals surface area (Å²) in [7, 11) is -2.04. The Bertz CT molecular complexity index is 1050. The molecule has 0 aliphatic heterocycles. The van der Waals surface area contributed by atoms with E-state index >= 15 is 0 Å². The van der Waals surface area contributed by atoms with Gasteiger partial charge in [-0.15, -0.1) is 11.3 Å². The van der Waals surface area contributed by atoms with E-state index in [0.717, 1.165) is 21.3 Å². The van der Waals surface area contributed by atoms with Gasteiger partial charge in [0, 0.05) is 25.5 Å². The predicted octanol–water partition coefficient (Wildman–Crippen LogP) is 2.89. The summed E-state index contributed by atoms with van der Waals surface area (Å²) in [4.78, 5) is 14.4. The fraction of sp³-hybridized carbons (Fsp3) is 0.278. The molecule has 3 rings (SSSR count). The van der Waals surface area contributed by atoms with E-state index in [2.05, 4.69) is 25.0 Å². The molecule has 0 atom stereocenters. The second-order valence-corrected chi connectivity index (χ2v) is 8.92. The van der Waals surface area contributed by atoms with Crippen LogP contribution in [0.2, 0.25) is 0 Å². The standard InChI is InChI=1S/C18H21N5O3S2/c1-12-17(27-13(2)21-12)16-8-9-19-18(23-16)22-14-4-6-15(7-5-14)28(24,25)20-10-11-26-3/h4-9,20H,10-11H2,1-3H3,(H,19,22,23). The average molecular weight is 420 g/mol. The number of aromatic nitrogens is 3. The van der Waals surface area contributed by atoms with E-state index in [1.165, 1.54) is 19.2 Å². The summed E-state index contributed by atoms with van der Waals surface area (Å²) < 4.78 is 31.7. The average Bonchev–Trinajstić information content (AvgIpc) is 3.01. The maximum atomic E-state index is 12.2. The van der Waals surface area contributed by atoms with Crippen molar-refractivity contribution in [2.75, 3.05) is 25.6 Å². The van der Waals surface area contributed by atoms with Gasteiger partial charge in [-0.1, -0.05) is 0 Å². The fourth-order valence-electron chi connectivity index (χ4n) is 2.52. The number of hydrogen-bond donors (Lipinski definition) is 2. The highest BCUT2D eigenvalue weighted by molar-refractivity contribution is 7.89. The number of rotatable bonds is 8.